The summed E-state index contributed by atoms with van der Waals surface area (Å²) in [7, 11) is 3.22. The Hall–Kier alpha value is -7.09. The maximum absolute atomic E-state index is 15.0. The van der Waals surface area contributed by atoms with Gasteiger partial charge in [-0.05, 0) is 93.2 Å². The molecule has 1 heterocycles. The topological polar surface area (TPSA) is 214 Å². The molecule has 1 aliphatic rings. The molecule has 1 saturated heterocycles. The summed E-state index contributed by atoms with van der Waals surface area (Å²) in [6, 6.07) is 38.4. The highest BCUT2D eigenvalue weighted by atomic mass is 127. The van der Waals surface area contributed by atoms with E-state index in [1.165, 1.54) is 4.90 Å². The molecule has 5 aromatic carbocycles. The SMILES string of the molecule is C=CCCC(=O)N[C@@H](Cc1ccccc1)C(=O)N[C@@H](Cc1cccc(I)c1)C(=O)N1C[C@H](OC(=O)CCC(N)=O)C[C@H]1C(=O)NCCOCCOC(c1ccccc1)(c1ccc(OC)cc1)c1ccc(OC)cc1. The van der Waals surface area contributed by atoms with Gasteiger partial charge in [-0.15, -0.1) is 6.58 Å². The first-order valence-electron chi connectivity index (χ1n) is 24.4. The van der Waals surface area contributed by atoms with Crippen molar-refractivity contribution in [3.05, 3.63) is 178 Å². The third-order valence-electron chi connectivity index (χ3n) is 12.4. The summed E-state index contributed by atoms with van der Waals surface area (Å²) < 4.78 is 30.4. The number of methoxy groups -OCH3 is 2. The normalized spacial score (nSPS) is 15.0. The van der Waals surface area contributed by atoms with E-state index in [0.717, 1.165) is 31.4 Å². The molecule has 4 atom stereocenters. The van der Waals surface area contributed by atoms with Crippen LogP contribution in [0.4, 0.5) is 0 Å². The Morgan fingerprint density at radius 2 is 1.34 bits per heavy atom. The van der Waals surface area contributed by atoms with Crippen molar-refractivity contribution in [3.8, 4) is 11.5 Å². The zero-order valence-corrected chi connectivity index (χ0v) is 43.8. The van der Waals surface area contributed by atoms with Crippen LogP contribution in [0.3, 0.4) is 0 Å². The van der Waals surface area contributed by atoms with Crippen LogP contribution in [0.5, 0.6) is 11.5 Å². The van der Waals surface area contributed by atoms with E-state index in [4.69, 9.17) is 29.4 Å². The van der Waals surface area contributed by atoms with Gasteiger partial charge in [0, 0.05) is 42.2 Å². The second-order valence-electron chi connectivity index (χ2n) is 17.6. The summed E-state index contributed by atoms with van der Waals surface area (Å²) in [6.07, 6.45) is 0.800. The standard InChI is InChI=1S/C57H64IN5O11/c1-4-5-19-52(65)61-48(35-39-13-8-6-9-14-39)54(67)62-49(36-40-15-12-18-44(58)34-40)56(69)63-38-47(74-53(66)29-28-51(59)64)37-50(63)55(68)60-30-31-72-32-33-73-57(41-16-10-7-11-17-41,42-20-24-45(70-2)25-21-42)43-22-26-46(71-3)27-23-43/h4,6-18,20-27,34,47-50H,1,5,19,28-33,35-38H2,2-3H3,(H2,59,64)(H,60,68)(H,61,65)(H,62,67)/t47-,48+,49+,50+/m1/s1. The number of allylic oxidation sites excluding steroid dienone is 1. The number of carbonyl (C=O) groups is 6. The van der Waals surface area contributed by atoms with E-state index in [2.05, 4.69) is 45.1 Å². The number of nitrogens with zero attached hydrogens (tertiary/aromatic N) is 1. The van der Waals surface area contributed by atoms with Gasteiger partial charge in [-0.25, -0.2) is 0 Å². The Morgan fingerprint density at radius 3 is 1.95 bits per heavy atom. The van der Waals surface area contributed by atoms with Gasteiger partial charge in [0.25, 0.3) is 0 Å². The van der Waals surface area contributed by atoms with Crippen molar-refractivity contribution in [1.29, 1.82) is 0 Å². The number of benzene rings is 5. The average Bonchev–Trinajstić information content (AvgIpc) is 3.84. The zero-order valence-electron chi connectivity index (χ0n) is 41.7. The summed E-state index contributed by atoms with van der Waals surface area (Å²) in [5.41, 5.74) is 8.33. The molecule has 74 heavy (non-hydrogen) atoms. The molecule has 1 fully saturated rings. The van der Waals surface area contributed by atoms with E-state index in [0.29, 0.717) is 17.9 Å². The number of primary amides is 1. The van der Waals surface area contributed by atoms with Gasteiger partial charge >= 0.3 is 5.97 Å². The molecule has 0 bridgehead atoms. The Bertz CT molecular complexity index is 2610. The lowest BCUT2D eigenvalue weighted by molar-refractivity contribution is -0.150. The first-order valence-corrected chi connectivity index (χ1v) is 25.5. The molecule has 16 nitrogen and oxygen atoms in total. The number of halogens is 1. The number of nitrogens with two attached hydrogens (primary N) is 1. The number of likely N-dealkylation sites (tertiary alicyclic amines) is 1. The maximum atomic E-state index is 15.0. The van der Waals surface area contributed by atoms with E-state index in [9.17, 15) is 28.8 Å². The minimum atomic E-state index is -1.22. The van der Waals surface area contributed by atoms with Gasteiger partial charge in [-0.3, -0.25) is 28.8 Å². The van der Waals surface area contributed by atoms with Crippen LogP contribution < -0.4 is 31.2 Å². The number of amides is 5. The smallest absolute Gasteiger partial charge is 0.306 e. The largest absolute Gasteiger partial charge is 0.497 e. The van der Waals surface area contributed by atoms with Crippen molar-refractivity contribution in [2.24, 2.45) is 5.73 Å². The Balaban J connectivity index is 1.18. The van der Waals surface area contributed by atoms with Crippen molar-refractivity contribution in [1.82, 2.24) is 20.9 Å². The fourth-order valence-electron chi connectivity index (χ4n) is 8.77. The Kier molecular flexibility index (Phi) is 21.6. The number of rotatable bonds is 28. The van der Waals surface area contributed by atoms with Crippen LogP contribution in [0.2, 0.25) is 0 Å². The highest BCUT2D eigenvalue weighted by molar-refractivity contribution is 14.1. The van der Waals surface area contributed by atoms with Gasteiger partial charge in [0.1, 0.15) is 41.3 Å². The summed E-state index contributed by atoms with van der Waals surface area (Å²) in [5, 5.41) is 8.63. The number of hydrogen-bond donors (Lipinski definition) is 4. The van der Waals surface area contributed by atoms with E-state index in [1.807, 2.05) is 133 Å². The highest BCUT2D eigenvalue weighted by Gasteiger charge is 2.44. The minimum absolute atomic E-state index is 0.0379. The molecule has 6 rings (SSSR count). The van der Waals surface area contributed by atoms with E-state index in [1.54, 1.807) is 20.3 Å². The van der Waals surface area contributed by atoms with Crippen molar-refractivity contribution in [2.45, 2.75) is 74.8 Å². The van der Waals surface area contributed by atoms with E-state index >= 15 is 0 Å². The summed E-state index contributed by atoms with van der Waals surface area (Å²) >= 11 is 2.16. The van der Waals surface area contributed by atoms with Crippen molar-refractivity contribution < 1.29 is 52.5 Å². The fraction of sp³-hybridized carbons (Fsp3) is 0.333. The summed E-state index contributed by atoms with van der Waals surface area (Å²) in [4.78, 5) is 82.2. The molecule has 1 aliphatic heterocycles. The second-order valence-corrected chi connectivity index (χ2v) is 18.9. The third-order valence-corrected chi connectivity index (χ3v) is 13.1. The molecule has 0 saturated carbocycles. The molecule has 390 valence electrons. The molecule has 5 amide bonds. The fourth-order valence-corrected chi connectivity index (χ4v) is 9.38. The van der Waals surface area contributed by atoms with Crippen LogP contribution in [0.25, 0.3) is 0 Å². The maximum Gasteiger partial charge on any atom is 0.306 e. The van der Waals surface area contributed by atoms with Crippen LogP contribution in [-0.4, -0.2) is 112 Å². The molecule has 5 aromatic rings. The molecule has 0 aliphatic carbocycles. The summed E-state index contributed by atoms with van der Waals surface area (Å²) in [5.74, 6) is -2.12. The molecule has 0 radical (unpaired) electrons. The van der Waals surface area contributed by atoms with Crippen LogP contribution >= 0.6 is 22.6 Å². The van der Waals surface area contributed by atoms with Crippen molar-refractivity contribution >= 4 is 58.1 Å². The average molecular weight is 1120 g/mol. The van der Waals surface area contributed by atoms with E-state index < -0.39 is 59.4 Å². The molecule has 5 N–H and O–H groups in total. The number of esters is 1. The number of carbonyl (C=O) groups excluding carboxylic acids is 6. The Labute approximate surface area is 445 Å². The summed E-state index contributed by atoms with van der Waals surface area (Å²) in [6.45, 7) is 3.94. The molecule has 0 spiro atoms. The molecular formula is C57H64IN5O11. The number of ether oxygens (including phenoxy) is 5. The molecular weight excluding hydrogens is 1060 g/mol. The van der Waals surface area contributed by atoms with Gasteiger partial charge < -0.3 is 50.3 Å². The second kappa shape index (κ2) is 28.4. The van der Waals surface area contributed by atoms with Crippen LogP contribution in [0, 0.1) is 3.57 Å². The molecule has 17 heteroatoms. The van der Waals surface area contributed by atoms with Crippen molar-refractivity contribution in [2.75, 3.05) is 47.1 Å². The predicted molar refractivity (Wildman–Crippen MR) is 287 cm³/mol. The van der Waals surface area contributed by atoms with E-state index in [-0.39, 0.29) is 77.3 Å². The lowest BCUT2D eigenvalue weighted by atomic mass is 9.80. The first-order chi connectivity index (χ1) is 35.8. The minimum Gasteiger partial charge on any atom is -0.497 e. The molecule has 0 unspecified atom stereocenters. The first kappa shape index (κ1) is 56.2. The Morgan fingerprint density at radius 1 is 0.730 bits per heavy atom. The van der Waals surface area contributed by atoms with Crippen LogP contribution in [0.15, 0.2) is 146 Å². The quantitative estimate of drug-likeness (QED) is 0.0151. The van der Waals surface area contributed by atoms with Crippen molar-refractivity contribution in [3.63, 3.8) is 0 Å². The zero-order chi connectivity index (χ0) is 52.9. The molecule has 0 aromatic heterocycles. The van der Waals surface area contributed by atoms with Gasteiger partial charge in [0.2, 0.25) is 29.5 Å². The third kappa shape index (κ3) is 16.0. The number of nitrogens with one attached hydrogen (secondary N) is 3. The lowest BCUT2D eigenvalue weighted by Crippen LogP contribution is -2.57. The predicted octanol–water partition coefficient (Wildman–Crippen LogP) is 5.95. The lowest BCUT2D eigenvalue weighted by Gasteiger charge is -2.36. The van der Waals surface area contributed by atoms with Gasteiger partial charge in [-0.2, -0.15) is 0 Å². The van der Waals surface area contributed by atoms with Crippen LogP contribution in [-0.2, 0) is 61.4 Å². The van der Waals surface area contributed by atoms with Gasteiger partial charge in [0.15, 0.2) is 0 Å². The van der Waals surface area contributed by atoms with Gasteiger partial charge in [0.05, 0.1) is 47.0 Å². The monoisotopic (exact) mass is 1120 g/mol. The van der Waals surface area contributed by atoms with Gasteiger partial charge in [-0.1, -0.05) is 103 Å². The number of hydrogen-bond acceptors (Lipinski definition) is 11. The highest BCUT2D eigenvalue weighted by Crippen LogP contribution is 2.41. The van der Waals surface area contributed by atoms with Crippen LogP contribution in [0.1, 0.15) is 59.9 Å².